The molecule has 0 atom stereocenters. The fourth-order valence-corrected chi connectivity index (χ4v) is 1.91. The third kappa shape index (κ3) is 3.25. The van der Waals surface area contributed by atoms with Gasteiger partial charge in [-0.25, -0.2) is 0 Å². The molecule has 2 N–H and O–H groups in total. The number of H-pyrrole nitrogens is 1. The van der Waals surface area contributed by atoms with Crippen molar-refractivity contribution in [3.63, 3.8) is 0 Å². The standard InChI is InChI=1S/C13H17FN2.C2H6/c1-3-5-15-11-7-10-8-13(14)16-12(10)6-9(11)4-2;1-2/h6-8,15-16H,3-5H2,1-2H3;1-2H3. The average molecular weight is 250 g/mol. The average Bonchev–Trinajstić information content (AvgIpc) is 2.76. The Bertz CT molecular complexity index is 488. The molecule has 0 spiro atoms. The van der Waals surface area contributed by atoms with Crippen molar-refractivity contribution in [2.75, 3.05) is 11.9 Å². The molecule has 0 amide bonds. The van der Waals surface area contributed by atoms with Gasteiger partial charge in [0, 0.05) is 29.2 Å². The van der Waals surface area contributed by atoms with Crippen molar-refractivity contribution in [3.05, 3.63) is 29.7 Å². The molecule has 3 heteroatoms. The zero-order chi connectivity index (χ0) is 13.5. The Kier molecular flexibility index (Phi) is 5.69. The first kappa shape index (κ1) is 14.6. The lowest BCUT2D eigenvalue weighted by atomic mass is 10.1. The van der Waals surface area contributed by atoms with E-state index in [2.05, 4.69) is 24.1 Å². The van der Waals surface area contributed by atoms with Crippen LogP contribution in [0.3, 0.4) is 0 Å². The number of hydrogen-bond acceptors (Lipinski definition) is 1. The van der Waals surface area contributed by atoms with E-state index in [1.54, 1.807) is 0 Å². The molecular weight excluding hydrogens is 227 g/mol. The summed E-state index contributed by atoms with van der Waals surface area (Å²) in [4.78, 5) is 2.72. The van der Waals surface area contributed by atoms with Gasteiger partial charge in [-0.15, -0.1) is 0 Å². The summed E-state index contributed by atoms with van der Waals surface area (Å²) >= 11 is 0. The molecule has 0 radical (unpaired) electrons. The van der Waals surface area contributed by atoms with Gasteiger partial charge < -0.3 is 10.3 Å². The highest BCUT2D eigenvalue weighted by Crippen LogP contribution is 2.24. The zero-order valence-electron chi connectivity index (χ0n) is 11.7. The molecule has 0 aliphatic heterocycles. The molecule has 2 aromatic rings. The van der Waals surface area contributed by atoms with Gasteiger partial charge in [-0.05, 0) is 30.5 Å². The summed E-state index contributed by atoms with van der Waals surface area (Å²) in [6.07, 6.45) is 2.03. The third-order valence-electron chi connectivity index (χ3n) is 2.76. The number of fused-ring (bicyclic) bond motifs is 1. The Balaban J connectivity index is 0.000000771. The monoisotopic (exact) mass is 250 g/mol. The van der Waals surface area contributed by atoms with Crippen molar-refractivity contribution in [3.8, 4) is 0 Å². The summed E-state index contributed by atoms with van der Waals surface area (Å²) in [5.74, 6) is -0.273. The molecule has 1 aromatic carbocycles. The number of hydrogen-bond donors (Lipinski definition) is 2. The van der Waals surface area contributed by atoms with Crippen molar-refractivity contribution >= 4 is 16.6 Å². The van der Waals surface area contributed by atoms with Crippen molar-refractivity contribution in [2.24, 2.45) is 0 Å². The quantitative estimate of drug-likeness (QED) is 0.807. The molecule has 0 bridgehead atoms. The molecule has 0 fully saturated rings. The first-order valence-corrected chi connectivity index (χ1v) is 6.79. The topological polar surface area (TPSA) is 27.8 Å². The maximum Gasteiger partial charge on any atom is 0.192 e. The molecule has 2 rings (SSSR count). The second-order valence-corrected chi connectivity index (χ2v) is 3.99. The molecule has 1 aromatic heterocycles. The number of nitrogens with one attached hydrogen (secondary N) is 2. The van der Waals surface area contributed by atoms with E-state index in [1.807, 2.05) is 26.0 Å². The van der Waals surface area contributed by atoms with Crippen LogP contribution in [0.2, 0.25) is 0 Å². The predicted molar refractivity (Wildman–Crippen MR) is 77.8 cm³/mol. The molecule has 0 saturated carbocycles. The minimum absolute atomic E-state index is 0.273. The normalized spacial score (nSPS) is 10.1. The van der Waals surface area contributed by atoms with Gasteiger partial charge in [-0.2, -0.15) is 4.39 Å². The minimum Gasteiger partial charge on any atom is -0.385 e. The van der Waals surface area contributed by atoms with Crippen LogP contribution in [0.25, 0.3) is 10.9 Å². The Hall–Kier alpha value is -1.51. The van der Waals surface area contributed by atoms with Crippen molar-refractivity contribution in [2.45, 2.75) is 40.5 Å². The molecule has 0 saturated heterocycles. The number of aromatic amines is 1. The molecule has 0 aliphatic rings. The summed E-state index contributed by atoms with van der Waals surface area (Å²) in [6, 6.07) is 5.58. The van der Waals surface area contributed by atoms with Crippen LogP contribution in [0.15, 0.2) is 18.2 Å². The maximum atomic E-state index is 13.1. The number of rotatable bonds is 4. The van der Waals surface area contributed by atoms with Crippen LogP contribution in [0.1, 0.15) is 39.7 Å². The van der Waals surface area contributed by atoms with E-state index in [1.165, 1.54) is 11.6 Å². The van der Waals surface area contributed by atoms with E-state index < -0.39 is 0 Å². The summed E-state index contributed by atoms with van der Waals surface area (Å²) in [5.41, 5.74) is 3.22. The van der Waals surface area contributed by atoms with Crippen LogP contribution in [-0.4, -0.2) is 11.5 Å². The minimum atomic E-state index is -0.273. The highest BCUT2D eigenvalue weighted by molar-refractivity contribution is 5.85. The Morgan fingerprint density at radius 1 is 1.17 bits per heavy atom. The van der Waals surface area contributed by atoms with Crippen LogP contribution < -0.4 is 5.32 Å². The Morgan fingerprint density at radius 3 is 2.50 bits per heavy atom. The lowest BCUT2D eigenvalue weighted by molar-refractivity contribution is 0.595. The highest BCUT2D eigenvalue weighted by Gasteiger charge is 2.06. The number of anilines is 1. The van der Waals surface area contributed by atoms with Gasteiger partial charge in [0.05, 0.1) is 0 Å². The molecule has 100 valence electrons. The number of benzene rings is 1. The largest absolute Gasteiger partial charge is 0.385 e. The number of aryl methyl sites for hydroxylation is 1. The van der Waals surface area contributed by atoms with E-state index in [-0.39, 0.29) is 5.95 Å². The van der Waals surface area contributed by atoms with E-state index in [0.29, 0.717) is 0 Å². The van der Waals surface area contributed by atoms with Gasteiger partial charge >= 0.3 is 0 Å². The van der Waals surface area contributed by atoms with Gasteiger partial charge in [0.15, 0.2) is 5.95 Å². The van der Waals surface area contributed by atoms with Crippen LogP contribution >= 0.6 is 0 Å². The maximum absolute atomic E-state index is 13.1. The van der Waals surface area contributed by atoms with E-state index in [9.17, 15) is 4.39 Å². The molecule has 0 unspecified atom stereocenters. The van der Waals surface area contributed by atoms with Crippen molar-refractivity contribution in [1.82, 2.24) is 4.98 Å². The summed E-state index contributed by atoms with van der Waals surface area (Å²) in [7, 11) is 0. The summed E-state index contributed by atoms with van der Waals surface area (Å²) < 4.78 is 13.1. The highest BCUT2D eigenvalue weighted by atomic mass is 19.1. The Morgan fingerprint density at radius 2 is 1.89 bits per heavy atom. The molecular formula is C15H23FN2. The smallest absolute Gasteiger partial charge is 0.192 e. The zero-order valence-corrected chi connectivity index (χ0v) is 11.7. The van der Waals surface area contributed by atoms with Gasteiger partial charge in [0.2, 0.25) is 0 Å². The Labute approximate surface area is 109 Å². The molecule has 1 heterocycles. The van der Waals surface area contributed by atoms with Crippen LogP contribution in [0.5, 0.6) is 0 Å². The van der Waals surface area contributed by atoms with E-state index in [4.69, 9.17) is 0 Å². The lowest BCUT2D eigenvalue weighted by Gasteiger charge is -2.10. The van der Waals surface area contributed by atoms with Crippen LogP contribution in [0.4, 0.5) is 10.1 Å². The number of halogens is 1. The molecule has 18 heavy (non-hydrogen) atoms. The van der Waals surface area contributed by atoms with Gasteiger partial charge in [0.25, 0.3) is 0 Å². The fourth-order valence-electron chi connectivity index (χ4n) is 1.91. The predicted octanol–water partition coefficient (Wildman–Crippen LogP) is 4.72. The summed E-state index contributed by atoms with van der Waals surface area (Å²) in [6.45, 7) is 9.19. The third-order valence-corrected chi connectivity index (χ3v) is 2.76. The van der Waals surface area contributed by atoms with Crippen molar-refractivity contribution < 1.29 is 4.39 Å². The van der Waals surface area contributed by atoms with Crippen LogP contribution in [-0.2, 0) is 6.42 Å². The molecule has 2 nitrogen and oxygen atoms in total. The van der Waals surface area contributed by atoms with Crippen molar-refractivity contribution in [1.29, 1.82) is 0 Å². The van der Waals surface area contributed by atoms with Crippen LogP contribution in [0, 0.1) is 5.95 Å². The molecule has 0 aliphatic carbocycles. The van der Waals surface area contributed by atoms with E-state index >= 15 is 0 Å². The van der Waals surface area contributed by atoms with Gasteiger partial charge in [-0.1, -0.05) is 27.7 Å². The van der Waals surface area contributed by atoms with Gasteiger partial charge in [-0.3, -0.25) is 0 Å². The SMILES string of the molecule is CC.CCCNc1cc2cc(F)[nH]c2cc1CC. The second-order valence-electron chi connectivity index (χ2n) is 3.99. The number of aromatic nitrogens is 1. The first-order valence-electron chi connectivity index (χ1n) is 6.79. The lowest BCUT2D eigenvalue weighted by Crippen LogP contribution is -2.02. The summed E-state index contributed by atoms with van der Waals surface area (Å²) in [5, 5.41) is 4.30. The first-order chi connectivity index (χ1) is 8.74. The second kappa shape index (κ2) is 7.04. The van der Waals surface area contributed by atoms with Gasteiger partial charge in [0.1, 0.15) is 0 Å². The van der Waals surface area contributed by atoms with E-state index in [0.717, 1.165) is 36.0 Å². The fraction of sp³-hybridized carbons (Fsp3) is 0.467.